The van der Waals surface area contributed by atoms with E-state index in [1.165, 1.54) is 12.1 Å². The molecule has 17 heavy (non-hydrogen) atoms. The number of hydrogen-bond acceptors (Lipinski definition) is 2. The first-order valence-corrected chi connectivity index (χ1v) is 5.72. The zero-order valence-corrected chi connectivity index (χ0v) is 10.1. The monoisotopic (exact) mass is 244 g/mol. The summed E-state index contributed by atoms with van der Waals surface area (Å²) in [5.41, 5.74) is 0.615. The second kappa shape index (κ2) is 6.55. The molecule has 0 radical (unpaired) electrons. The van der Waals surface area contributed by atoms with Crippen molar-refractivity contribution in [3.8, 4) is 5.75 Å². The van der Waals surface area contributed by atoms with Crippen molar-refractivity contribution < 1.29 is 18.6 Å². The van der Waals surface area contributed by atoms with E-state index in [0.717, 1.165) is 6.42 Å². The smallest absolute Gasteiger partial charge is 0.387 e. The molecule has 0 saturated heterocycles. The third kappa shape index (κ3) is 5.13. The van der Waals surface area contributed by atoms with Crippen LogP contribution in [-0.2, 0) is 0 Å². The molecular formula is C13H18F2O2. The van der Waals surface area contributed by atoms with Gasteiger partial charge in [-0.05, 0) is 36.5 Å². The summed E-state index contributed by atoms with van der Waals surface area (Å²) in [7, 11) is 0. The molecular weight excluding hydrogens is 226 g/mol. The Morgan fingerprint density at radius 2 is 1.94 bits per heavy atom. The first-order valence-electron chi connectivity index (χ1n) is 5.72. The molecule has 0 heterocycles. The van der Waals surface area contributed by atoms with Crippen molar-refractivity contribution in [3.05, 3.63) is 29.8 Å². The quantitative estimate of drug-likeness (QED) is 0.825. The van der Waals surface area contributed by atoms with Crippen molar-refractivity contribution in [2.75, 3.05) is 0 Å². The molecule has 4 heteroatoms. The van der Waals surface area contributed by atoms with E-state index < -0.39 is 12.7 Å². The summed E-state index contributed by atoms with van der Waals surface area (Å²) in [5, 5.41) is 9.88. The molecule has 2 nitrogen and oxygen atoms in total. The highest BCUT2D eigenvalue weighted by Gasteiger charge is 2.11. The first kappa shape index (κ1) is 13.9. The summed E-state index contributed by atoms with van der Waals surface area (Å²) in [6.45, 7) is 1.31. The van der Waals surface area contributed by atoms with Crippen LogP contribution in [0.4, 0.5) is 8.78 Å². The summed E-state index contributed by atoms with van der Waals surface area (Å²) in [6, 6.07) is 6.22. The summed E-state index contributed by atoms with van der Waals surface area (Å²) >= 11 is 0. The summed E-state index contributed by atoms with van der Waals surface area (Å²) in [4.78, 5) is 0. The normalized spacial score (nSPS) is 13.1. The Labute approximate surface area is 100 Å². The lowest BCUT2D eigenvalue weighted by molar-refractivity contribution is -0.0499. The molecule has 0 aromatic heterocycles. The van der Waals surface area contributed by atoms with Crippen molar-refractivity contribution >= 4 is 0 Å². The van der Waals surface area contributed by atoms with Crippen LogP contribution in [0.2, 0.25) is 0 Å². The third-order valence-electron chi connectivity index (χ3n) is 2.49. The molecule has 0 fully saturated rings. The van der Waals surface area contributed by atoms with E-state index in [1.807, 2.05) is 0 Å². The minimum Gasteiger partial charge on any atom is -0.435 e. The minimum absolute atomic E-state index is 0.0843. The minimum atomic E-state index is -2.84. The van der Waals surface area contributed by atoms with Gasteiger partial charge in [-0.25, -0.2) is 0 Å². The Bertz CT molecular complexity index is 340. The topological polar surface area (TPSA) is 29.5 Å². The molecule has 0 aliphatic heterocycles. The summed E-state index contributed by atoms with van der Waals surface area (Å²) < 4.78 is 28.3. The lowest BCUT2D eigenvalue weighted by Gasteiger charge is -2.13. The Kier molecular flexibility index (Phi) is 5.35. The number of alkyl halides is 2. The lowest BCUT2D eigenvalue weighted by atomic mass is 10.00. The van der Waals surface area contributed by atoms with E-state index in [0.29, 0.717) is 17.9 Å². The zero-order valence-electron chi connectivity index (χ0n) is 10.1. The van der Waals surface area contributed by atoms with Gasteiger partial charge in [-0.2, -0.15) is 8.78 Å². The fourth-order valence-corrected chi connectivity index (χ4v) is 1.56. The van der Waals surface area contributed by atoms with Gasteiger partial charge < -0.3 is 9.84 Å². The molecule has 0 aliphatic rings. The van der Waals surface area contributed by atoms with Gasteiger partial charge in [0.25, 0.3) is 0 Å². The fourth-order valence-electron chi connectivity index (χ4n) is 1.56. The molecule has 1 N–H and O–H groups in total. The standard InChI is InChI=1S/C13H18F2O2/c1-9(2)6-7-12(16)10-4-3-5-11(8-10)17-13(14)15/h3-5,8-9,12-13,16H,6-7H2,1-2H3. The van der Waals surface area contributed by atoms with Gasteiger partial charge in [-0.3, -0.25) is 0 Å². The van der Waals surface area contributed by atoms with Crippen LogP contribution in [0, 0.1) is 5.92 Å². The van der Waals surface area contributed by atoms with Crippen LogP contribution in [0.25, 0.3) is 0 Å². The number of aliphatic hydroxyl groups is 1. The predicted octanol–water partition coefficient (Wildman–Crippen LogP) is 3.76. The van der Waals surface area contributed by atoms with Crippen LogP contribution in [0.3, 0.4) is 0 Å². The zero-order chi connectivity index (χ0) is 12.8. The molecule has 96 valence electrons. The first-order chi connectivity index (χ1) is 7.99. The van der Waals surface area contributed by atoms with Crippen molar-refractivity contribution in [1.29, 1.82) is 0 Å². The second-order valence-electron chi connectivity index (χ2n) is 4.44. The average molecular weight is 244 g/mol. The Balaban J connectivity index is 2.63. The number of halogens is 2. The van der Waals surface area contributed by atoms with Crippen LogP contribution in [0.1, 0.15) is 38.4 Å². The molecule has 1 atom stereocenters. The molecule has 0 spiro atoms. The van der Waals surface area contributed by atoms with Gasteiger partial charge in [0.05, 0.1) is 6.10 Å². The highest BCUT2D eigenvalue weighted by atomic mass is 19.3. The number of aliphatic hydroxyl groups excluding tert-OH is 1. The molecule has 0 bridgehead atoms. The third-order valence-corrected chi connectivity index (χ3v) is 2.49. The second-order valence-corrected chi connectivity index (χ2v) is 4.44. The van der Waals surface area contributed by atoms with Gasteiger partial charge in [-0.1, -0.05) is 26.0 Å². The molecule has 1 rings (SSSR count). The van der Waals surface area contributed by atoms with Crippen LogP contribution in [-0.4, -0.2) is 11.7 Å². The Morgan fingerprint density at radius 3 is 2.53 bits per heavy atom. The SMILES string of the molecule is CC(C)CCC(O)c1cccc(OC(F)F)c1. The van der Waals surface area contributed by atoms with Crippen molar-refractivity contribution in [3.63, 3.8) is 0 Å². The Morgan fingerprint density at radius 1 is 1.24 bits per heavy atom. The van der Waals surface area contributed by atoms with E-state index in [2.05, 4.69) is 18.6 Å². The van der Waals surface area contributed by atoms with Gasteiger partial charge in [0, 0.05) is 0 Å². The maximum atomic E-state index is 12.0. The predicted molar refractivity (Wildman–Crippen MR) is 62.1 cm³/mol. The van der Waals surface area contributed by atoms with E-state index in [-0.39, 0.29) is 5.75 Å². The van der Waals surface area contributed by atoms with Gasteiger partial charge in [0.2, 0.25) is 0 Å². The van der Waals surface area contributed by atoms with Crippen molar-refractivity contribution in [2.24, 2.45) is 5.92 Å². The van der Waals surface area contributed by atoms with Crippen LogP contribution < -0.4 is 4.74 Å². The number of hydrogen-bond donors (Lipinski definition) is 1. The summed E-state index contributed by atoms with van der Waals surface area (Å²) in [5.74, 6) is 0.589. The van der Waals surface area contributed by atoms with Crippen LogP contribution in [0.5, 0.6) is 5.75 Å². The Hall–Kier alpha value is -1.16. The highest BCUT2D eigenvalue weighted by Crippen LogP contribution is 2.24. The molecule has 0 amide bonds. The van der Waals surface area contributed by atoms with E-state index >= 15 is 0 Å². The van der Waals surface area contributed by atoms with E-state index in [1.54, 1.807) is 12.1 Å². The molecule has 0 aliphatic carbocycles. The molecule has 1 unspecified atom stereocenters. The van der Waals surface area contributed by atoms with Gasteiger partial charge in [0.1, 0.15) is 5.75 Å². The molecule has 1 aromatic rings. The van der Waals surface area contributed by atoms with Gasteiger partial charge in [-0.15, -0.1) is 0 Å². The number of rotatable bonds is 6. The maximum absolute atomic E-state index is 12.0. The summed E-state index contributed by atoms with van der Waals surface area (Å²) in [6.07, 6.45) is 0.885. The molecule has 1 aromatic carbocycles. The lowest BCUT2D eigenvalue weighted by Crippen LogP contribution is -2.04. The van der Waals surface area contributed by atoms with Crippen molar-refractivity contribution in [2.45, 2.75) is 39.4 Å². The van der Waals surface area contributed by atoms with Crippen molar-refractivity contribution in [1.82, 2.24) is 0 Å². The highest BCUT2D eigenvalue weighted by molar-refractivity contribution is 5.29. The van der Waals surface area contributed by atoms with Gasteiger partial charge in [0.15, 0.2) is 0 Å². The van der Waals surface area contributed by atoms with E-state index in [9.17, 15) is 13.9 Å². The van der Waals surface area contributed by atoms with Gasteiger partial charge >= 0.3 is 6.61 Å². The number of benzene rings is 1. The average Bonchev–Trinajstić information content (AvgIpc) is 2.25. The fraction of sp³-hybridized carbons (Fsp3) is 0.538. The van der Waals surface area contributed by atoms with Crippen LogP contribution in [0.15, 0.2) is 24.3 Å². The number of ether oxygens (including phenoxy) is 1. The van der Waals surface area contributed by atoms with E-state index in [4.69, 9.17) is 0 Å². The largest absolute Gasteiger partial charge is 0.435 e. The molecule has 0 saturated carbocycles. The maximum Gasteiger partial charge on any atom is 0.387 e. The van der Waals surface area contributed by atoms with Crippen LogP contribution >= 0.6 is 0 Å².